The highest BCUT2D eigenvalue weighted by atomic mass is 32.2. The smallest absolute Gasteiger partial charge is 0.179 e. The maximum Gasteiger partial charge on any atom is 0.179 e. The maximum absolute atomic E-state index is 5.60. The molecule has 20 heavy (non-hydrogen) atoms. The first-order valence-electron chi connectivity index (χ1n) is 7.45. The zero-order valence-electron chi connectivity index (χ0n) is 12.3. The summed E-state index contributed by atoms with van der Waals surface area (Å²) in [6, 6.07) is 0.515. The Morgan fingerprint density at radius 2 is 2.20 bits per heavy atom. The molecule has 2 atom stereocenters. The van der Waals surface area contributed by atoms with Crippen LogP contribution in [0.4, 0.5) is 0 Å². The number of aromatic nitrogens is 4. The van der Waals surface area contributed by atoms with Crippen LogP contribution in [-0.4, -0.2) is 30.3 Å². The molecule has 1 aliphatic carbocycles. The second-order valence-electron chi connectivity index (χ2n) is 5.41. The van der Waals surface area contributed by atoms with E-state index in [0.717, 1.165) is 22.4 Å². The minimum Gasteiger partial charge on any atom is -0.328 e. The molecule has 0 aliphatic heterocycles. The van der Waals surface area contributed by atoms with Gasteiger partial charge < -0.3 is 4.98 Å². The lowest BCUT2D eigenvalue weighted by atomic mass is 10.2. The van der Waals surface area contributed by atoms with Gasteiger partial charge in [0.15, 0.2) is 10.4 Å². The molecule has 4 nitrogen and oxygen atoms in total. The summed E-state index contributed by atoms with van der Waals surface area (Å²) >= 11 is 7.67. The maximum atomic E-state index is 5.60. The van der Waals surface area contributed by atoms with Gasteiger partial charge in [0.2, 0.25) is 0 Å². The van der Waals surface area contributed by atoms with Crippen molar-refractivity contribution in [1.29, 1.82) is 0 Å². The van der Waals surface area contributed by atoms with E-state index in [4.69, 9.17) is 12.2 Å². The van der Waals surface area contributed by atoms with E-state index < -0.39 is 0 Å². The summed E-state index contributed by atoms with van der Waals surface area (Å²) in [4.78, 5) is 3.39. The van der Waals surface area contributed by atoms with Crippen molar-refractivity contribution < 1.29 is 0 Å². The summed E-state index contributed by atoms with van der Waals surface area (Å²) < 4.78 is 5.18. The lowest BCUT2D eigenvalue weighted by Gasteiger charge is -2.20. The third kappa shape index (κ3) is 2.13. The van der Waals surface area contributed by atoms with Crippen molar-refractivity contribution in [3.8, 4) is 0 Å². The largest absolute Gasteiger partial charge is 0.328 e. The van der Waals surface area contributed by atoms with Crippen molar-refractivity contribution in [3.63, 3.8) is 0 Å². The number of aryl methyl sites for hydroxylation is 2. The first-order chi connectivity index (χ1) is 9.67. The van der Waals surface area contributed by atoms with E-state index in [-0.39, 0.29) is 0 Å². The molecule has 0 aromatic carbocycles. The molecule has 0 spiro atoms. The van der Waals surface area contributed by atoms with E-state index in [1.807, 2.05) is 11.7 Å². The van der Waals surface area contributed by atoms with Gasteiger partial charge in [-0.05, 0) is 37.2 Å². The number of nitrogens with one attached hydrogen (secondary N) is 1. The highest BCUT2D eigenvalue weighted by Crippen LogP contribution is 2.40. The van der Waals surface area contributed by atoms with Crippen LogP contribution in [0.1, 0.15) is 44.8 Å². The van der Waals surface area contributed by atoms with Gasteiger partial charge in [-0.3, -0.25) is 9.25 Å². The van der Waals surface area contributed by atoms with Crippen LogP contribution in [-0.2, 0) is 13.5 Å². The summed E-state index contributed by atoms with van der Waals surface area (Å²) in [5, 5.41) is 5.31. The quantitative estimate of drug-likeness (QED) is 0.872. The number of nitrogens with zero attached hydrogens (tertiary/aromatic N) is 3. The van der Waals surface area contributed by atoms with Gasteiger partial charge in [0, 0.05) is 18.3 Å². The molecule has 1 aliphatic rings. The van der Waals surface area contributed by atoms with Crippen LogP contribution in [0.25, 0.3) is 11.2 Å². The Kier molecular flexibility index (Phi) is 3.95. The normalized spacial score (nSPS) is 22.9. The highest BCUT2D eigenvalue weighted by molar-refractivity contribution is 7.99. The van der Waals surface area contributed by atoms with Crippen LogP contribution in [0.2, 0.25) is 0 Å². The number of fused-ring (bicyclic) bond motifs is 1. The summed E-state index contributed by atoms with van der Waals surface area (Å²) in [6.45, 7) is 4.38. The van der Waals surface area contributed by atoms with Gasteiger partial charge in [0.25, 0.3) is 0 Å². The van der Waals surface area contributed by atoms with Gasteiger partial charge in [-0.25, -0.2) is 0 Å². The SMILES string of the molecule is CCSC1CCCC1n1c(=S)[nH]c2c(CC)nn(C)c21. The van der Waals surface area contributed by atoms with E-state index in [2.05, 4.69) is 40.3 Å². The molecule has 0 saturated heterocycles. The topological polar surface area (TPSA) is 38.5 Å². The molecule has 1 N–H and O–H groups in total. The standard InChI is InChI=1S/C14H22N4S2/c1-4-9-12-13(17(3)16-9)18(14(19)15-12)10-7-6-8-11(10)20-5-2/h10-11H,4-8H2,1-3H3,(H,15,19). The Morgan fingerprint density at radius 1 is 1.40 bits per heavy atom. The highest BCUT2D eigenvalue weighted by Gasteiger charge is 2.31. The predicted molar refractivity (Wildman–Crippen MR) is 88.1 cm³/mol. The zero-order valence-corrected chi connectivity index (χ0v) is 14.0. The minimum atomic E-state index is 0.515. The Balaban J connectivity index is 2.13. The number of thioether (sulfide) groups is 1. The molecular formula is C14H22N4S2. The zero-order chi connectivity index (χ0) is 14.3. The number of aromatic amines is 1. The number of hydrogen-bond donors (Lipinski definition) is 1. The first kappa shape index (κ1) is 14.2. The molecule has 0 amide bonds. The third-order valence-electron chi connectivity index (χ3n) is 4.23. The average molecular weight is 310 g/mol. The fourth-order valence-corrected chi connectivity index (χ4v) is 4.97. The van der Waals surface area contributed by atoms with E-state index in [9.17, 15) is 0 Å². The van der Waals surface area contributed by atoms with Crippen LogP contribution in [0, 0.1) is 4.77 Å². The Labute approximate surface area is 128 Å². The van der Waals surface area contributed by atoms with Crippen molar-refractivity contribution in [2.45, 2.75) is 50.8 Å². The summed E-state index contributed by atoms with van der Waals surface area (Å²) in [5.41, 5.74) is 3.41. The molecule has 2 heterocycles. The van der Waals surface area contributed by atoms with Crippen LogP contribution in [0.15, 0.2) is 0 Å². The molecule has 2 unspecified atom stereocenters. The molecule has 0 radical (unpaired) electrons. The summed E-state index contributed by atoms with van der Waals surface area (Å²) in [5.74, 6) is 1.17. The van der Waals surface area contributed by atoms with E-state index in [0.29, 0.717) is 11.3 Å². The molecule has 110 valence electrons. The molecule has 1 fully saturated rings. The second-order valence-corrected chi connectivity index (χ2v) is 7.32. The third-order valence-corrected chi connectivity index (χ3v) is 5.84. The first-order valence-corrected chi connectivity index (χ1v) is 8.90. The Hall–Kier alpha value is -0.750. The van der Waals surface area contributed by atoms with E-state index >= 15 is 0 Å². The van der Waals surface area contributed by atoms with Crippen molar-refractivity contribution in [2.75, 3.05) is 5.75 Å². The number of H-pyrrole nitrogens is 1. The van der Waals surface area contributed by atoms with Crippen LogP contribution in [0.5, 0.6) is 0 Å². The lowest BCUT2D eigenvalue weighted by molar-refractivity contribution is 0.523. The molecule has 1 saturated carbocycles. The van der Waals surface area contributed by atoms with Gasteiger partial charge in [-0.15, -0.1) is 0 Å². The van der Waals surface area contributed by atoms with Crippen molar-refractivity contribution in [1.82, 2.24) is 19.3 Å². The molecule has 0 bridgehead atoms. The van der Waals surface area contributed by atoms with Crippen LogP contribution < -0.4 is 0 Å². The van der Waals surface area contributed by atoms with E-state index in [1.54, 1.807) is 0 Å². The fraction of sp³-hybridized carbons (Fsp3) is 0.714. The van der Waals surface area contributed by atoms with Crippen molar-refractivity contribution >= 4 is 35.1 Å². The minimum absolute atomic E-state index is 0.515. The monoisotopic (exact) mass is 310 g/mol. The molecule has 2 aromatic rings. The number of rotatable bonds is 4. The van der Waals surface area contributed by atoms with Crippen LogP contribution >= 0.6 is 24.0 Å². The second kappa shape index (κ2) is 5.56. The van der Waals surface area contributed by atoms with Gasteiger partial charge in [0.1, 0.15) is 5.52 Å². The van der Waals surface area contributed by atoms with Gasteiger partial charge >= 0.3 is 0 Å². The fourth-order valence-electron chi connectivity index (χ4n) is 3.40. The molecule has 3 rings (SSSR count). The van der Waals surface area contributed by atoms with Crippen molar-refractivity contribution in [2.24, 2.45) is 7.05 Å². The molecule has 2 aromatic heterocycles. The van der Waals surface area contributed by atoms with Gasteiger partial charge in [0.05, 0.1) is 5.69 Å². The van der Waals surface area contributed by atoms with Gasteiger partial charge in [-0.2, -0.15) is 16.9 Å². The predicted octanol–water partition coefficient (Wildman–Crippen LogP) is 3.84. The number of hydrogen-bond acceptors (Lipinski definition) is 3. The van der Waals surface area contributed by atoms with E-state index in [1.165, 1.54) is 30.7 Å². The number of imidazole rings is 1. The Morgan fingerprint density at radius 3 is 2.90 bits per heavy atom. The van der Waals surface area contributed by atoms with Gasteiger partial charge in [-0.1, -0.05) is 20.3 Å². The molecule has 6 heteroatoms. The summed E-state index contributed by atoms with van der Waals surface area (Å²) in [7, 11) is 2.03. The summed E-state index contributed by atoms with van der Waals surface area (Å²) in [6.07, 6.45) is 4.77. The Bertz CT molecular complexity index is 667. The molecular weight excluding hydrogens is 288 g/mol. The lowest BCUT2D eigenvalue weighted by Crippen LogP contribution is -2.17. The van der Waals surface area contributed by atoms with Crippen LogP contribution in [0.3, 0.4) is 0 Å². The average Bonchev–Trinajstić information content (AvgIpc) is 3.07. The van der Waals surface area contributed by atoms with Crippen molar-refractivity contribution in [3.05, 3.63) is 10.5 Å².